The maximum Gasteiger partial charge on any atom is 0.299 e. The molecule has 0 saturated heterocycles. The van der Waals surface area contributed by atoms with Gasteiger partial charge < -0.3 is 9.64 Å². The normalized spacial score (nSPS) is 13.7. The van der Waals surface area contributed by atoms with Crippen LogP contribution in [0.5, 0.6) is 5.75 Å². The molecule has 1 aliphatic heterocycles. The fraction of sp³-hybridized carbons (Fsp3) is 0.286. The van der Waals surface area contributed by atoms with Gasteiger partial charge in [0.1, 0.15) is 5.75 Å². The van der Waals surface area contributed by atoms with Gasteiger partial charge in [-0.05, 0) is 31.0 Å². The highest BCUT2D eigenvalue weighted by molar-refractivity contribution is 6.52. The van der Waals surface area contributed by atoms with Gasteiger partial charge in [-0.2, -0.15) is 0 Å². The summed E-state index contributed by atoms with van der Waals surface area (Å²) in [4.78, 5) is 25.2. The zero-order valence-corrected chi connectivity index (χ0v) is 10.3. The number of Topliss-reactive ketones (excluding diaryl/α,β-unsaturated/α-hetero) is 1. The molecule has 94 valence electrons. The van der Waals surface area contributed by atoms with E-state index in [9.17, 15) is 9.59 Å². The molecule has 1 amide bonds. The van der Waals surface area contributed by atoms with Crippen molar-refractivity contribution >= 4 is 17.4 Å². The molecule has 0 atom stereocenters. The van der Waals surface area contributed by atoms with Crippen LogP contribution in [0.2, 0.25) is 0 Å². The van der Waals surface area contributed by atoms with Gasteiger partial charge in [0.05, 0.1) is 18.4 Å². The summed E-state index contributed by atoms with van der Waals surface area (Å²) in [6.45, 7) is 4.18. The van der Waals surface area contributed by atoms with Crippen LogP contribution in [0, 0.1) is 0 Å². The molecule has 1 aliphatic rings. The largest absolute Gasteiger partial charge is 0.497 e. The quantitative estimate of drug-likeness (QED) is 0.454. The number of carbonyl (C=O) groups is 2. The molecule has 0 saturated carbocycles. The summed E-state index contributed by atoms with van der Waals surface area (Å²) in [7, 11) is 1.53. The maximum absolute atomic E-state index is 11.9. The number of benzene rings is 1. The lowest BCUT2D eigenvalue weighted by Gasteiger charge is -2.15. The Morgan fingerprint density at radius 1 is 1.39 bits per heavy atom. The van der Waals surface area contributed by atoms with E-state index in [0.29, 0.717) is 23.5 Å². The number of ketones is 1. The molecule has 0 spiro atoms. The van der Waals surface area contributed by atoms with Crippen LogP contribution < -0.4 is 9.64 Å². The molecule has 0 radical (unpaired) electrons. The molecule has 0 unspecified atom stereocenters. The predicted octanol–water partition coefficient (Wildman–Crippen LogP) is 2.19. The lowest BCUT2D eigenvalue weighted by Crippen LogP contribution is -2.30. The van der Waals surface area contributed by atoms with Crippen LogP contribution in [0.1, 0.15) is 23.2 Å². The van der Waals surface area contributed by atoms with Gasteiger partial charge in [-0.15, -0.1) is 6.58 Å². The first kappa shape index (κ1) is 12.4. The van der Waals surface area contributed by atoms with Crippen LogP contribution in [-0.2, 0) is 4.79 Å². The number of anilines is 1. The van der Waals surface area contributed by atoms with Gasteiger partial charge in [0.15, 0.2) is 0 Å². The third-order valence-corrected chi connectivity index (χ3v) is 2.97. The van der Waals surface area contributed by atoms with Crippen LogP contribution >= 0.6 is 0 Å². The number of hydrogen-bond donors (Lipinski definition) is 0. The summed E-state index contributed by atoms with van der Waals surface area (Å²) < 4.78 is 5.06. The number of nitrogens with zero attached hydrogens (tertiary/aromatic N) is 1. The van der Waals surface area contributed by atoms with Crippen LogP contribution in [0.3, 0.4) is 0 Å². The van der Waals surface area contributed by atoms with E-state index in [-0.39, 0.29) is 0 Å². The van der Waals surface area contributed by atoms with Gasteiger partial charge in [-0.25, -0.2) is 0 Å². The van der Waals surface area contributed by atoms with Crippen molar-refractivity contribution in [3.8, 4) is 5.75 Å². The lowest BCUT2D eigenvalue weighted by molar-refractivity contribution is -0.114. The number of methoxy groups -OCH3 is 1. The van der Waals surface area contributed by atoms with Crippen LogP contribution in [0.15, 0.2) is 30.9 Å². The second-order valence-corrected chi connectivity index (χ2v) is 4.10. The first-order valence-electron chi connectivity index (χ1n) is 5.84. The SMILES string of the molecule is C=CCCCN1C(=O)C(=O)c2cc(OC)ccc21. The Balaban J connectivity index is 2.28. The molecule has 4 heteroatoms. The van der Waals surface area contributed by atoms with Crippen molar-refractivity contribution in [2.24, 2.45) is 0 Å². The molecular weight excluding hydrogens is 230 g/mol. The number of fused-ring (bicyclic) bond motifs is 1. The molecular formula is C14H15NO3. The van der Waals surface area contributed by atoms with Crippen LogP contribution in [-0.4, -0.2) is 25.3 Å². The number of hydrogen-bond acceptors (Lipinski definition) is 3. The second-order valence-electron chi connectivity index (χ2n) is 4.10. The standard InChI is InChI=1S/C14H15NO3/c1-3-4-5-8-15-12-7-6-10(18-2)9-11(12)13(16)14(15)17/h3,6-7,9H,1,4-5,8H2,2H3. The minimum atomic E-state index is -0.456. The van der Waals surface area contributed by atoms with Crippen molar-refractivity contribution in [1.29, 1.82) is 0 Å². The molecule has 2 rings (SSSR count). The summed E-state index contributed by atoms with van der Waals surface area (Å²) in [6, 6.07) is 5.12. The van der Waals surface area contributed by atoms with Crippen molar-refractivity contribution in [3.05, 3.63) is 36.4 Å². The fourth-order valence-corrected chi connectivity index (χ4v) is 2.02. The van der Waals surface area contributed by atoms with Crippen LogP contribution in [0.25, 0.3) is 0 Å². The number of amides is 1. The number of ether oxygens (including phenoxy) is 1. The molecule has 0 aromatic heterocycles. The van der Waals surface area contributed by atoms with E-state index in [4.69, 9.17) is 4.74 Å². The van der Waals surface area contributed by atoms with Gasteiger partial charge in [-0.3, -0.25) is 9.59 Å². The summed E-state index contributed by atoms with van der Waals surface area (Å²) >= 11 is 0. The first-order valence-corrected chi connectivity index (χ1v) is 5.84. The van der Waals surface area contributed by atoms with Crippen molar-refractivity contribution in [2.45, 2.75) is 12.8 Å². The van der Waals surface area contributed by atoms with E-state index in [1.807, 2.05) is 0 Å². The number of carbonyl (C=O) groups excluding carboxylic acids is 2. The highest BCUT2D eigenvalue weighted by atomic mass is 16.5. The van der Waals surface area contributed by atoms with Gasteiger partial charge in [-0.1, -0.05) is 6.08 Å². The molecule has 18 heavy (non-hydrogen) atoms. The van der Waals surface area contributed by atoms with E-state index < -0.39 is 11.7 Å². The monoisotopic (exact) mass is 245 g/mol. The van der Waals surface area contributed by atoms with Crippen LogP contribution in [0.4, 0.5) is 5.69 Å². The van der Waals surface area contributed by atoms with Gasteiger partial charge in [0, 0.05) is 6.54 Å². The average molecular weight is 245 g/mol. The third kappa shape index (κ3) is 2.01. The van der Waals surface area contributed by atoms with E-state index in [1.54, 1.807) is 24.3 Å². The van der Waals surface area contributed by atoms with E-state index >= 15 is 0 Å². The Hall–Kier alpha value is -2.10. The summed E-state index contributed by atoms with van der Waals surface area (Å²) in [5, 5.41) is 0. The molecule has 0 aliphatic carbocycles. The average Bonchev–Trinajstić information content (AvgIpc) is 2.63. The van der Waals surface area contributed by atoms with Crippen molar-refractivity contribution in [3.63, 3.8) is 0 Å². The Kier molecular flexibility index (Phi) is 3.46. The zero-order valence-electron chi connectivity index (χ0n) is 10.3. The predicted molar refractivity (Wildman–Crippen MR) is 69.1 cm³/mol. The highest BCUT2D eigenvalue weighted by Gasteiger charge is 2.35. The highest BCUT2D eigenvalue weighted by Crippen LogP contribution is 2.32. The summed E-state index contributed by atoms with van der Waals surface area (Å²) in [5.74, 6) is -0.326. The summed E-state index contributed by atoms with van der Waals surface area (Å²) in [5.41, 5.74) is 1.10. The molecule has 1 aromatic carbocycles. The Labute approximate surface area is 106 Å². The first-order chi connectivity index (χ1) is 8.69. The molecule has 0 bridgehead atoms. The van der Waals surface area contributed by atoms with Crippen molar-refractivity contribution < 1.29 is 14.3 Å². The summed E-state index contributed by atoms with van der Waals surface area (Å²) in [6.07, 6.45) is 3.43. The minimum absolute atomic E-state index is 0.429. The lowest BCUT2D eigenvalue weighted by atomic mass is 10.1. The Morgan fingerprint density at radius 2 is 2.17 bits per heavy atom. The fourth-order valence-electron chi connectivity index (χ4n) is 2.02. The number of unbranched alkanes of at least 4 members (excludes halogenated alkanes) is 1. The smallest absolute Gasteiger partial charge is 0.299 e. The molecule has 0 N–H and O–H groups in total. The molecule has 1 heterocycles. The molecule has 4 nitrogen and oxygen atoms in total. The van der Waals surface area contributed by atoms with E-state index in [0.717, 1.165) is 12.8 Å². The maximum atomic E-state index is 11.9. The molecule has 1 aromatic rings. The number of rotatable bonds is 5. The van der Waals surface area contributed by atoms with E-state index in [2.05, 4.69) is 6.58 Å². The van der Waals surface area contributed by atoms with Gasteiger partial charge in [0.25, 0.3) is 11.7 Å². The third-order valence-electron chi connectivity index (χ3n) is 2.97. The molecule has 0 fully saturated rings. The second kappa shape index (κ2) is 5.04. The van der Waals surface area contributed by atoms with Crippen molar-refractivity contribution in [1.82, 2.24) is 0 Å². The Morgan fingerprint density at radius 3 is 2.83 bits per heavy atom. The topological polar surface area (TPSA) is 46.6 Å². The van der Waals surface area contributed by atoms with Crippen molar-refractivity contribution in [2.75, 3.05) is 18.6 Å². The van der Waals surface area contributed by atoms with Gasteiger partial charge >= 0.3 is 0 Å². The Bertz CT molecular complexity index is 508. The van der Waals surface area contributed by atoms with Gasteiger partial charge in [0.2, 0.25) is 0 Å². The zero-order chi connectivity index (χ0) is 13.1. The minimum Gasteiger partial charge on any atom is -0.497 e. The number of allylic oxidation sites excluding steroid dienone is 1. The van der Waals surface area contributed by atoms with E-state index in [1.165, 1.54) is 12.0 Å².